The summed E-state index contributed by atoms with van der Waals surface area (Å²) >= 11 is 0. The number of unbranched alkanes of at least 4 members (excludes halogenated alkanes) is 9. The monoisotopic (exact) mass is 599 g/mol. The molecule has 3 saturated carbocycles. The van der Waals surface area contributed by atoms with E-state index in [4.69, 9.17) is 5.11 Å². The Morgan fingerprint density at radius 3 is 2.19 bits per heavy atom. The predicted molar refractivity (Wildman–Crippen MR) is 181 cm³/mol. The van der Waals surface area contributed by atoms with Crippen molar-refractivity contribution < 1.29 is 14.6 Å². The van der Waals surface area contributed by atoms with Gasteiger partial charge in [-0.2, -0.15) is 0 Å². The molecular formula is C40H70O3. The van der Waals surface area contributed by atoms with E-state index in [-0.39, 0.29) is 0 Å². The minimum absolute atomic E-state index is 0.354. The Bertz CT molecular complexity index is 877. The number of carboxylic acid groups (broad SMARTS) is 1. The Hall–Kier alpha value is -0.990. The first-order valence-corrected chi connectivity index (χ1v) is 19.2. The van der Waals surface area contributed by atoms with Gasteiger partial charge in [0.2, 0.25) is 0 Å². The van der Waals surface area contributed by atoms with Gasteiger partial charge in [-0.3, -0.25) is 0 Å². The molecule has 0 amide bonds. The minimum Gasteiger partial charge on any atom is -0.450 e. The van der Waals surface area contributed by atoms with Crippen molar-refractivity contribution in [2.75, 3.05) is 6.61 Å². The Kier molecular flexibility index (Phi) is 13.4. The fourth-order valence-corrected chi connectivity index (χ4v) is 11.1. The van der Waals surface area contributed by atoms with Crippen LogP contribution in [0.15, 0.2) is 11.6 Å². The van der Waals surface area contributed by atoms with Crippen molar-refractivity contribution in [3.8, 4) is 0 Å². The largest absolute Gasteiger partial charge is 0.505 e. The first-order valence-electron chi connectivity index (χ1n) is 19.2. The quantitative estimate of drug-likeness (QED) is 0.0969. The molecule has 0 bridgehead atoms. The number of rotatable bonds is 18. The van der Waals surface area contributed by atoms with Crippen LogP contribution < -0.4 is 0 Å². The summed E-state index contributed by atoms with van der Waals surface area (Å²) in [6, 6.07) is 0. The van der Waals surface area contributed by atoms with Gasteiger partial charge in [-0.05, 0) is 110 Å². The zero-order valence-electron chi connectivity index (χ0n) is 29.1. The Morgan fingerprint density at radius 2 is 1.51 bits per heavy atom. The summed E-state index contributed by atoms with van der Waals surface area (Å²) in [7, 11) is 0. The van der Waals surface area contributed by atoms with Crippen molar-refractivity contribution in [3.63, 3.8) is 0 Å². The van der Waals surface area contributed by atoms with Crippen LogP contribution in [0, 0.1) is 52.3 Å². The molecule has 0 aromatic carbocycles. The third-order valence-electron chi connectivity index (χ3n) is 13.6. The lowest BCUT2D eigenvalue weighted by Gasteiger charge is -2.58. The van der Waals surface area contributed by atoms with Gasteiger partial charge in [0.1, 0.15) is 0 Å². The maximum absolute atomic E-state index is 10.4. The van der Waals surface area contributed by atoms with Crippen molar-refractivity contribution in [1.82, 2.24) is 0 Å². The van der Waals surface area contributed by atoms with Gasteiger partial charge in [0.25, 0.3) is 0 Å². The second-order valence-electron chi connectivity index (χ2n) is 16.8. The molecule has 0 heterocycles. The normalized spacial score (nSPS) is 34.3. The standard InChI is InChI=1S/C40H70O3/c1-30(2)17-16-18-31(3)35-22-23-36-34-21-20-33-29-32(24-26-39(33,4)37(34)25-27-40(35,36)5)19-14-12-10-8-6-7-9-11-13-15-28-43-38(41)42/h20,30-32,34-37H,6-19,21-29H2,1-5H3,(H,41,42)/t31-,32?,34?,35-,36?,37?,39+,40-/m1/s1. The second-order valence-corrected chi connectivity index (χ2v) is 16.8. The van der Waals surface area contributed by atoms with Crippen LogP contribution >= 0.6 is 0 Å². The third-order valence-corrected chi connectivity index (χ3v) is 13.6. The molecule has 0 radical (unpaired) electrons. The zero-order valence-corrected chi connectivity index (χ0v) is 29.1. The van der Waals surface area contributed by atoms with Gasteiger partial charge < -0.3 is 9.84 Å². The summed E-state index contributed by atoms with van der Waals surface area (Å²) in [6.45, 7) is 13.2. The average Bonchev–Trinajstić information content (AvgIpc) is 3.32. The Labute approximate surface area is 266 Å². The predicted octanol–water partition coefficient (Wildman–Crippen LogP) is 12.6. The highest BCUT2D eigenvalue weighted by Gasteiger charge is 2.59. The first kappa shape index (κ1) is 34.9. The van der Waals surface area contributed by atoms with Gasteiger partial charge in [-0.25, -0.2) is 4.79 Å². The van der Waals surface area contributed by atoms with Gasteiger partial charge in [0.15, 0.2) is 0 Å². The Morgan fingerprint density at radius 1 is 0.837 bits per heavy atom. The van der Waals surface area contributed by atoms with E-state index in [1.807, 2.05) is 5.57 Å². The average molecular weight is 599 g/mol. The van der Waals surface area contributed by atoms with Crippen LogP contribution in [0.5, 0.6) is 0 Å². The van der Waals surface area contributed by atoms with Crippen LogP contribution in [-0.2, 0) is 4.74 Å². The molecular weight excluding hydrogens is 528 g/mol. The maximum atomic E-state index is 10.4. The summed E-state index contributed by atoms with van der Waals surface area (Å²) in [5.41, 5.74) is 3.00. The van der Waals surface area contributed by atoms with E-state index < -0.39 is 6.16 Å². The summed E-state index contributed by atoms with van der Waals surface area (Å²) in [5, 5.41) is 8.50. The molecule has 8 atom stereocenters. The topological polar surface area (TPSA) is 46.5 Å². The van der Waals surface area contributed by atoms with E-state index in [0.717, 1.165) is 54.3 Å². The molecule has 3 heteroatoms. The molecule has 0 spiro atoms. The molecule has 4 unspecified atom stereocenters. The summed E-state index contributed by atoms with van der Waals surface area (Å²) < 4.78 is 4.57. The number of carbonyl (C=O) groups is 1. The van der Waals surface area contributed by atoms with E-state index in [1.165, 1.54) is 128 Å². The van der Waals surface area contributed by atoms with Crippen molar-refractivity contribution in [1.29, 1.82) is 0 Å². The number of ether oxygens (including phenoxy) is 1. The SMILES string of the molecule is CC(C)CCC[C@@H](C)[C@H]1CCC2C3CC=C4CC(CCCCCCCCCCCCOC(=O)O)CC[C@]4(C)C3CC[C@@]21C. The summed E-state index contributed by atoms with van der Waals surface area (Å²) in [4.78, 5) is 10.4. The number of fused-ring (bicyclic) bond motifs is 5. The van der Waals surface area contributed by atoms with Crippen molar-refractivity contribution >= 4 is 6.16 Å². The highest BCUT2D eigenvalue weighted by atomic mass is 16.7. The minimum atomic E-state index is -1.15. The van der Waals surface area contributed by atoms with Crippen LogP contribution in [0.3, 0.4) is 0 Å². The molecule has 3 fully saturated rings. The molecule has 43 heavy (non-hydrogen) atoms. The molecule has 4 aliphatic carbocycles. The van der Waals surface area contributed by atoms with Crippen molar-refractivity contribution in [3.05, 3.63) is 11.6 Å². The van der Waals surface area contributed by atoms with E-state index in [9.17, 15) is 4.79 Å². The van der Waals surface area contributed by atoms with Gasteiger partial charge >= 0.3 is 6.16 Å². The van der Waals surface area contributed by atoms with Crippen LogP contribution in [-0.4, -0.2) is 17.9 Å². The van der Waals surface area contributed by atoms with Crippen molar-refractivity contribution in [2.24, 2.45) is 52.3 Å². The summed E-state index contributed by atoms with van der Waals surface area (Å²) in [5.74, 6) is 6.58. The van der Waals surface area contributed by atoms with Crippen LogP contribution in [0.25, 0.3) is 0 Å². The van der Waals surface area contributed by atoms with Gasteiger partial charge in [0, 0.05) is 0 Å². The van der Waals surface area contributed by atoms with Gasteiger partial charge in [0.05, 0.1) is 6.61 Å². The Balaban J connectivity index is 1.14. The smallest absolute Gasteiger partial charge is 0.450 e. The molecule has 0 aromatic heterocycles. The summed E-state index contributed by atoms with van der Waals surface area (Å²) in [6.07, 6.45) is 32.0. The van der Waals surface area contributed by atoms with Crippen LogP contribution in [0.1, 0.15) is 176 Å². The van der Waals surface area contributed by atoms with E-state index >= 15 is 0 Å². The van der Waals surface area contributed by atoms with Crippen LogP contribution in [0.4, 0.5) is 4.79 Å². The molecule has 0 saturated heterocycles. The fourth-order valence-electron chi connectivity index (χ4n) is 11.1. The highest BCUT2D eigenvalue weighted by molar-refractivity contribution is 5.56. The molecule has 248 valence electrons. The maximum Gasteiger partial charge on any atom is 0.505 e. The lowest BCUT2D eigenvalue weighted by atomic mass is 9.46. The molecule has 4 aliphatic rings. The lowest BCUT2D eigenvalue weighted by Crippen LogP contribution is -2.50. The zero-order chi connectivity index (χ0) is 30.9. The number of allylic oxidation sites excluding steroid dienone is 2. The van der Waals surface area contributed by atoms with E-state index in [2.05, 4.69) is 45.4 Å². The molecule has 0 aromatic rings. The fraction of sp³-hybridized carbons (Fsp3) is 0.925. The second kappa shape index (κ2) is 16.5. The molecule has 3 nitrogen and oxygen atoms in total. The third kappa shape index (κ3) is 9.06. The number of hydrogen-bond acceptors (Lipinski definition) is 2. The first-order chi connectivity index (χ1) is 20.6. The molecule has 0 aliphatic heterocycles. The van der Waals surface area contributed by atoms with Crippen molar-refractivity contribution in [2.45, 2.75) is 176 Å². The number of hydrogen-bond donors (Lipinski definition) is 1. The van der Waals surface area contributed by atoms with E-state index in [1.54, 1.807) is 0 Å². The van der Waals surface area contributed by atoms with Gasteiger partial charge in [-0.15, -0.1) is 0 Å². The lowest BCUT2D eigenvalue weighted by molar-refractivity contribution is -0.0529. The van der Waals surface area contributed by atoms with Gasteiger partial charge in [-0.1, -0.05) is 130 Å². The van der Waals surface area contributed by atoms with E-state index in [0.29, 0.717) is 17.4 Å². The molecule has 1 N–H and O–H groups in total. The highest BCUT2D eigenvalue weighted by Crippen LogP contribution is 2.67. The molecule has 4 rings (SSSR count). The van der Waals surface area contributed by atoms with Crippen LogP contribution in [0.2, 0.25) is 0 Å².